The molecule has 0 bridgehead atoms. The second kappa shape index (κ2) is 37.8. The Morgan fingerprint density at radius 2 is 0.804 bits per heavy atom. The van der Waals surface area contributed by atoms with Crippen LogP contribution in [0.4, 0.5) is 0 Å². The van der Waals surface area contributed by atoms with E-state index in [2.05, 4.69) is 48.8 Å². The minimum absolute atomic E-state index is 0.00397. The molecule has 0 saturated heterocycles. The monoisotopic (exact) mass is 646 g/mol. The van der Waals surface area contributed by atoms with E-state index < -0.39 is 6.04 Å². The van der Waals surface area contributed by atoms with Crippen LogP contribution in [-0.2, 0) is 9.59 Å². The molecule has 0 fully saturated rings. The molecule has 0 spiro atoms. The van der Waals surface area contributed by atoms with Crippen LogP contribution in [0.25, 0.3) is 0 Å². The smallest absolute Gasteiger partial charge is 0.236 e. The molecule has 0 aliphatic rings. The van der Waals surface area contributed by atoms with Gasteiger partial charge in [0.1, 0.15) is 0 Å². The molecular weight excluding hydrogens is 566 g/mol. The van der Waals surface area contributed by atoms with E-state index in [4.69, 9.17) is 5.73 Å². The third kappa shape index (κ3) is 35.2. The minimum Gasteiger partial charge on any atom is -0.356 e. The number of hydrogen-bond acceptors (Lipinski definition) is 3. The fourth-order valence-electron chi connectivity index (χ4n) is 5.82. The first-order chi connectivity index (χ1) is 22.6. The van der Waals surface area contributed by atoms with Gasteiger partial charge in [0, 0.05) is 19.5 Å². The lowest BCUT2D eigenvalue weighted by Crippen LogP contribution is -2.41. The lowest BCUT2D eigenvalue weighted by atomic mass is 10.1. The molecular formula is C41H79N3O2. The first kappa shape index (κ1) is 44.4. The van der Waals surface area contributed by atoms with E-state index in [1.54, 1.807) is 0 Å². The van der Waals surface area contributed by atoms with E-state index in [9.17, 15) is 9.59 Å². The van der Waals surface area contributed by atoms with Crippen LogP contribution >= 0.6 is 0 Å². The van der Waals surface area contributed by atoms with E-state index in [0.717, 1.165) is 32.2 Å². The van der Waals surface area contributed by atoms with Crippen molar-refractivity contribution in [3.8, 4) is 0 Å². The predicted molar refractivity (Wildman–Crippen MR) is 202 cm³/mol. The van der Waals surface area contributed by atoms with Crippen molar-refractivity contribution >= 4 is 11.8 Å². The van der Waals surface area contributed by atoms with Crippen molar-refractivity contribution in [2.75, 3.05) is 13.1 Å². The molecule has 0 aliphatic heterocycles. The van der Waals surface area contributed by atoms with Gasteiger partial charge in [0.05, 0.1) is 6.04 Å². The average molecular weight is 646 g/mol. The van der Waals surface area contributed by atoms with Crippen LogP contribution in [0.1, 0.15) is 206 Å². The summed E-state index contributed by atoms with van der Waals surface area (Å²) in [4.78, 5) is 24.4. The molecule has 2 amide bonds. The Hall–Kier alpha value is -1.62. The molecule has 270 valence electrons. The van der Waals surface area contributed by atoms with Gasteiger partial charge in [0.25, 0.3) is 0 Å². The summed E-state index contributed by atoms with van der Waals surface area (Å²) < 4.78 is 0. The lowest BCUT2D eigenvalue weighted by Gasteiger charge is -2.12. The minimum atomic E-state index is -0.606. The number of rotatable bonds is 36. The summed E-state index contributed by atoms with van der Waals surface area (Å²) in [6.07, 6.45) is 46.1. The highest BCUT2D eigenvalue weighted by atomic mass is 16.2. The van der Waals surface area contributed by atoms with E-state index in [0.29, 0.717) is 19.4 Å². The molecule has 0 aromatic rings. The molecule has 4 N–H and O–H groups in total. The van der Waals surface area contributed by atoms with E-state index in [1.807, 2.05) is 0 Å². The molecule has 5 heteroatoms. The van der Waals surface area contributed by atoms with Gasteiger partial charge in [-0.15, -0.1) is 0 Å². The largest absolute Gasteiger partial charge is 0.356 e. The number of amides is 2. The maximum Gasteiger partial charge on any atom is 0.236 e. The van der Waals surface area contributed by atoms with Crippen LogP contribution in [-0.4, -0.2) is 30.9 Å². The van der Waals surface area contributed by atoms with Crippen molar-refractivity contribution in [1.29, 1.82) is 0 Å². The second-order valence-electron chi connectivity index (χ2n) is 13.7. The number of carbonyl (C=O) groups is 2. The van der Waals surface area contributed by atoms with Gasteiger partial charge >= 0.3 is 0 Å². The summed E-state index contributed by atoms with van der Waals surface area (Å²) in [7, 11) is 0. The third-order valence-corrected chi connectivity index (χ3v) is 9.02. The van der Waals surface area contributed by atoms with Crippen molar-refractivity contribution in [3.63, 3.8) is 0 Å². The normalized spacial score (nSPS) is 12.3. The molecule has 0 rings (SSSR count). The lowest BCUT2D eigenvalue weighted by molar-refractivity contribution is -0.123. The van der Waals surface area contributed by atoms with Crippen LogP contribution in [0.2, 0.25) is 0 Å². The quantitative estimate of drug-likeness (QED) is 0.0468. The molecule has 0 unspecified atom stereocenters. The van der Waals surface area contributed by atoms with Crippen molar-refractivity contribution in [1.82, 2.24) is 10.6 Å². The fraction of sp³-hybridized carbons (Fsp3) is 0.854. The van der Waals surface area contributed by atoms with E-state index in [1.165, 1.54) is 154 Å². The van der Waals surface area contributed by atoms with Gasteiger partial charge in [-0.25, -0.2) is 0 Å². The highest BCUT2D eigenvalue weighted by Gasteiger charge is 2.14. The van der Waals surface area contributed by atoms with Crippen LogP contribution < -0.4 is 16.4 Å². The van der Waals surface area contributed by atoms with Gasteiger partial charge < -0.3 is 16.4 Å². The number of nitrogens with one attached hydrogen (secondary N) is 2. The highest BCUT2D eigenvalue weighted by Crippen LogP contribution is 2.11. The molecule has 0 aromatic heterocycles. The Morgan fingerprint density at radius 1 is 0.478 bits per heavy atom. The molecule has 0 radical (unpaired) electrons. The topological polar surface area (TPSA) is 84.2 Å². The maximum atomic E-state index is 12.3. The standard InChI is InChI=1S/C41H79N3O2/c1-3-5-7-9-11-13-15-17-19-21-23-25-27-29-31-33-37-43-40(45)36-35-39(42)41(46)44-38-34-32-30-28-26-24-22-20-18-16-14-12-10-8-6-4-2/h17-20,39H,3-16,21-38,42H2,1-2H3,(H,43,45)(H,44,46)/b19-17-,20-18-/t39-/m0/s1. The number of unbranched alkanes of at least 4 members (excludes halogenated alkanes) is 24. The maximum absolute atomic E-state index is 12.3. The van der Waals surface area contributed by atoms with Crippen LogP contribution in [0.3, 0.4) is 0 Å². The molecule has 0 aromatic carbocycles. The van der Waals surface area contributed by atoms with Crippen LogP contribution in [0.5, 0.6) is 0 Å². The zero-order valence-electron chi connectivity index (χ0n) is 30.9. The second-order valence-corrected chi connectivity index (χ2v) is 13.7. The first-order valence-corrected chi connectivity index (χ1v) is 20.2. The summed E-state index contributed by atoms with van der Waals surface area (Å²) in [5.41, 5.74) is 6.03. The van der Waals surface area contributed by atoms with Gasteiger partial charge in [0.15, 0.2) is 0 Å². The predicted octanol–water partition coefficient (Wildman–Crippen LogP) is 11.4. The van der Waals surface area contributed by atoms with Crippen molar-refractivity contribution < 1.29 is 9.59 Å². The van der Waals surface area contributed by atoms with Crippen LogP contribution in [0, 0.1) is 0 Å². The molecule has 0 saturated carbocycles. The van der Waals surface area contributed by atoms with Crippen molar-refractivity contribution in [2.45, 2.75) is 213 Å². The summed E-state index contributed by atoms with van der Waals surface area (Å²) in [6.45, 7) is 5.94. The summed E-state index contributed by atoms with van der Waals surface area (Å²) >= 11 is 0. The third-order valence-electron chi connectivity index (χ3n) is 9.02. The highest BCUT2D eigenvalue weighted by molar-refractivity contribution is 5.82. The molecule has 46 heavy (non-hydrogen) atoms. The molecule has 5 nitrogen and oxygen atoms in total. The Morgan fingerprint density at radius 3 is 1.20 bits per heavy atom. The molecule has 0 aliphatic carbocycles. The van der Waals surface area contributed by atoms with Gasteiger partial charge in [-0.05, 0) is 70.6 Å². The Bertz CT molecular complexity index is 706. The van der Waals surface area contributed by atoms with Gasteiger partial charge in [-0.2, -0.15) is 0 Å². The summed E-state index contributed by atoms with van der Waals surface area (Å²) in [5, 5.41) is 5.94. The van der Waals surface area contributed by atoms with Gasteiger partial charge in [-0.1, -0.05) is 154 Å². The van der Waals surface area contributed by atoms with Gasteiger partial charge in [-0.3, -0.25) is 9.59 Å². The Labute approximate surface area is 287 Å². The summed E-state index contributed by atoms with van der Waals surface area (Å²) in [5.74, 6) is -0.127. The van der Waals surface area contributed by atoms with Gasteiger partial charge in [0.2, 0.25) is 11.8 Å². The van der Waals surface area contributed by atoms with Crippen molar-refractivity contribution in [2.24, 2.45) is 5.73 Å². The first-order valence-electron chi connectivity index (χ1n) is 20.2. The molecule has 1 atom stereocenters. The number of nitrogens with two attached hydrogens (primary N) is 1. The Balaban J connectivity index is 3.44. The zero-order valence-corrected chi connectivity index (χ0v) is 30.9. The summed E-state index contributed by atoms with van der Waals surface area (Å²) in [6, 6.07) is -0.606. The number of carbonyl (C=O) groups excluding carboxylic acids is 2. The molecule has 0 heterocycles. The van der Waals surface area contributed by atoms with Crippen LogP contribution in [0.15, 0.2) is 24.3 Å². The Kier molecular flexibility index (Phi) is 36.5. The average Bonchev–Trinajstić information content (AvgIpc) is 3.06. The SMILES string of the molecule is CCCCCCCC/C=C\CCCCCCCCNC(=O)CC[C@H](N)C(=O)NCCCCCCCC/C=C\CCCCCCCC. The zero-order chi connectivity index (χ0) is 33.6. The number of hydrogen-bond donors (Lipinski definition) is 3. The van der Waals surface area contributed by atoms with E-state index >= 15 is 0 Å². The van der Waals surface area contributed by atoms with Crippen molar-refractivity contribution in [3.05, 3.63) is 24.3 Å². The number of allylic oxidation sites excluding steroid dienone is 4. The van der Waals surface area contributed by atoms with E-state index in [-0.39, 0.29) is 11.8 Å². The fourth-order valence-corrected chi connectivity index (χ4v) is 5.82.